The fourth-order valence-corrected chi connectivity index (χ4v) is 2.72. The lowest BCUT2D eigenvalue weighted by Crippen LogP contribution is -1.93. The van der Waals surface area contributed by atoms with E-state index in [0.717, 1.165) is 26.9 Å². The zero-order valence-electron chi connectivity index (χ0n) is 12.9. The minimum Gasteiger partial charge on any atom is -0.486 e. The summed E-state index contributed by atoms with van der Waals surface area (Å²) in [5.74, 6) is 3.07. The van der Waals surface area contributed by atoms with Gasteiger partial charge in [-0.15, -0.1) is 10.2 Å². The second-order valence-electron chi connectivity index (χ2n) is 4.68. The maximum atomic E-state index is 5.68. The van der Waals surface area contributed by atoms with Crippen molar-refractivity contribution in [3.63, 3.8) is 0 Å². The van der Waals surface area contributed by atoms with Crippen molar-refractivity contribution in [1.29, 1.82) is 0 Å². The minimum absolute atomic E-state index is 0.360. The van der Waals surface area contributed by atoms with Crippen molar-refractivity contribution in [3.05, 3.63) is 58.7 Å². The van der Waals surface area contributed by atoms with E-state index in [1.54, 1.807) is 29.0 Å². The number of thioether (sulfide) groups is 1. The maximum absolute atomic E-state index is 5.68. The summed E-state index contributed by atoms with van der Waals surface area (Å²) in [5, 5.41) is 12.9. The zero-order chi connectivity index (χ0) is 16.8. The lowest BCUT2D eigenvalue weighted by molar-refractivity contribution is 0.270. The Morgan fingerprint density at radius 1 is 1.29 bits per heavy atom. The molecule has 0 spiro atoms. The minimum atomic E-state index is 0.360. The Morgan fingerprint density at radius 3 is 2.92 bits per heavy atom. The maximum Gasteiger partial charge on any atom is 0.211 e. The van der Waals surface area contributed by atoms with E-state index in [-0.39, 0.29) is 0 Å². The Morgan fingerprint density at radius 2 is 2.12 bits per heavy atom. The Labute approximate surface area is 152 Å². The molecule has 3 aromatic rings. The van der Waals surface area contributed by atoms with E-state index < -0.39 is 0 Å². The van der Waals surface area contributed by atoms with Gasteiger partial charge in [0.05, 0.1) is 6.21 Å². The van der Waals surface area contributed by atoms with Gasteiger partial charge in [-0.1, -0.05) is 34.6 Å². The Kier molecular flexibility index (Phi) is 5.71. The molecule has 0 unspecified atom stereocenters. The van der Waals surface area contributed by atoms with Gasteiger partial charge in [-0.25, -0.2) is 0 Å². The fraction of sp³-hybridized carbons (Fsp3) is 0.188. The predicted molar refractivity (Wildman–Crippen MR) is 96.6 cm³/mol. The molecule has 1 aromatic carbocycles. The van der Waals surface area contributed by atoms with E-state index >= 15 is 0 Å². The molecule has 24 heavy (non-hydrogen) atoms. The van der Waals surface area contributed by atoms with E-state index in [2.05, 4.69) is 38.2 Å². The van der Waals surface area contributed by atoms with Crippen LogP contribution in [0.4, 0.5) is 0 Å². The molecule has 0 saturated heterocycles. The van der Waals surface area contributed by atoms with Gasteiger partial charge in [-0.2, -0.15) is 9.78 Å². The summed E-state index contributed by atoms with van der Waals surface area (Å²) in [6, 6.07) is 11.4. The molecule has 0 bridgehead atoms. The van der Waals surface area contributed by atoms with Gasteiger partial charge < -0.3 is 9.15 Å². The number of nitrogens with zero attached hydrogens (tertiary/aromatic N) is 4. The molecule has 0 fully saturated rings. The summed E-state index contributed by atoms with van der Waals surface area (Å²) >= 11 is 4.97. The highest BCUT2D eigenvalue weighted by molar-refractivity contribution is 9.10. The van der Waals surface area contributed by atoms with Crippen LogP contribution < -0.4 is 4.74 Å². The second-order valence-corrected chi connectivity index (χ2v) is 6.83. The van der Waals surface area contributed by atoms with E-state index in [1.807, 2.05) is 36.4 Å². The van der Waals surface area contributed by atoms with Crippen LogP contribution in [0.1, 0.15) is 18.4 Å². The molecule has 0 saturated carbocycles. The van der Waals surface area contributed by atoms with Gasteiger partial charge in [0.25, 0.3) is 0 Å². The third-order valence-corrected chi connectivity index (χ3v) is 4.30. The van der Waals surface area contributed by atoms with Crippen LogP contribution in [0.15, 0.2) is 61.9 Å². The van der Waals surface area contributed by atoms with Gasteiger partial charge in [0.15, 0.2) is 0 Å². The van der Waals surface area contributed by atoms with Crippen molar-refractivity contribution in [3.8, 4) is 5.75 Å². The average Bonchev–Trinajstić information content (AvgIpc) is 3.22. The quantitative estimate of drug-likeness (QED) is 0.434. The molecule has 0 N–H and O–H groups in total. The monoisotopic (exact) mass is 406 g/mol. The van der Waals surface area contributed by atoms with Gasteiger partial charge in [0.1, 0.15) is 30.2 Å². The highest BCUT2D eigenvalue weighted by Gasteiger charge is 2.04. The molecule has 3 rings (SSSR count). The molecule has 6 nitrogen and oxygen atoms in total. The molecule has 0 atom stereocenters. The second kappa shape index (κ2) is 8.16. The number of ether oxygens (including phenoxy) is 1. The largest absolute Gasteiger partial charge is 0.486 e. The van der Waals surface area contributed by atoms with Crippen molar-refractivity contribution in [2.24, 2.45) is 5.10 Å². The predicted octanol–water partition coefficient (Wildman–Crippen LogP) is 4.21. The van der Waals surface area contributed by atoms with E-state index in [4.69, 9.17) is 9.15 Å². The lowest BCUT2D eigenvalue weighted by atomic mass is 10.3. The summed E-state index contributed by atoms with van der Waals surface area (Å²) < 4.78 is 14.0. The van der Waals surface area contributed by atoms with Gasteiger partial charge in [-0.05, 0) is 42.2 Å². The third-order valence-electron chi connectivity index (χ3n) is 2.96. The number of aromatic nitrogens is 3. The van der Waals surface area contributed by atoms with Crippen LogP contribution >= 0.6 is 27.7 Å². The number of rotatable bonds is 7. The topological polar surface area (TPSA) is 65.4 Å². The van der Waals surface area contributed by atoms with E-state index in [1.165, 1.54) is 0 Å². The van der Waals surface area contributed by atoms with Crippen LogP contribution in [0, 0.1) is 0 Å². The number of hydrogen-bond acceptors (Lipinski definition) is 6. The molecule has 0 aliphatic heterocycles. The SMILES string of the molecule is CCSc1nncn1/N=C\c1ccc(COc2ccc(Br)cc2)o1. The molecular weight excluding hydrogens is 392 g/mol. The number of benzene rings is 1. The number of furan rings is 1. The summed E-state index contributed by atoms with van der Waals surface area (Å²) in [6.45, 7) is 2.41. The summed E-state index contributed by atoms with van der Waals surface area (Å²) in [4.78, 5) is 0. The highest BCUT2D eigenvalue weighted by atomic mass is 79.9. The van der Waals surface area contributed by atoms with Gasteiger partial charge in [-0.3, -0.25) is 0 Å². The van der Waals surface area contributed by atoms with Gasteiger partial charge in [0.2, 0.25) is 5.16 Å². The Balaban J connectivity index is 1.59. The molecule has 2 heterocycles. The molecule has 8 heteroatoms. The standard InChI is InChI=1S/C16H15BrN4O2S/c1-2-24-16-20-18-11-21(16)19-9-14-7-8-15(23-14)10-22-13-5-3-12(17)4-6-13/h3-9,11H,2,10H2,1H3/b19-9-. The summed E-state index contributed by atoms with van der Waals surface area (Å²) in [7, 11) is 0. The van der Waals surface area contributed by atoms with E-state index in [9.17, 15) is 0 Å². The summed E-state index contributed by atoms with van der Waals surface area (Å²) in [6.07, 6.45) is 3.20. The van der Waals surface area contributed by atoms with Crippen molar-refractivity contribution in [2.75, 3.05) is 5.75 Å². The normalized spacial score (nSPS) is 11.2. The molecule has 0 radical (unpaired) electrons. The molecule has 124 valence electrons. The number of hydrogen-bond donors (Lipinski definition) is 0. The first-order valence-corrected chi connectivity index (χ1v) is 9.06. The zero-order valence-corrected chi connectivity index (χ0v) is 15.3. The first-order chi connectivity index (χ1) is 11.7. The Hall–Kier alpha value is -2.06. The smallest absolute Gasteiger partial charge is 0.211 e. The first kappa shape index (κ1) is 16.8. The van der Waals surface area contributed by atoms with E-state index in [0.29, 0.717) is 12.4 Å². The average molecular weight is 407 g/mol. The number of halogens is 1. The van der Waals surface area contributed by atoms with Crippen molar-refractivity contribution in [1.82, 2.24) is 14.9 Å². The molecule has 0 aliphatic carbocycles. The Bertz CT molecular complexity index is 814. The first-order valence-electron chi connectivity index (χ1n) is 7.29. The van der Waals surface area contributed by atoms with Crippen LogP contribution in [0.3, 0.4) is 0 Å². The van der Waals surface area contributed by atoms with Crippen LogP contribution in [0.25, 0.3) is 0 Å². The van der Waals surface area contributed by atoms with Crippen LogP contribution in [0.2, 0.25) is 0 Å². The van der Waals surface area contributed by atoms with Gasteiger partial charge >= 0.3 is 0 Å². The van der Waals surface area contributed by atoms with Gasteiger partial charge in [0, 0.05) is 4.47 Å². The van der Waals surface area contributed by atoms with Crippen molar-refractivity contribution in [2.45, 2.75) is 18.7 Å². The summed E-state index contributed by atoms with van der Waals surface area (Å²) in [5.41, 5.74) is 0. The van der Waals surface area contributed by atoms with Crippen LogP contribution in [-0.4, -0.2) is 26.8 Å². The molecule has 2 aromatic heterocycles. The van der Waals surface area contributed by atoms with Crippen molar-refractivity contribution >= 4 is 33.9 Å². The third kappa shape index (κ3) is 4.48. The van der Waals surface area contributed by atoms with Crippen LogP contribution in [-0.2, 0) is 6.61 Å². The lowest BCUT2D eigenvalue weighted by Gasteiger charge is -2.03. The van der Waals surface area contributed by atoms with Crippen molar-refractivity contribution < 1.29 is 9.15 Å². The fourth-order valence-electron chi connectivity index (χ4n) is 1.87. The molecule has 0 aliphatic rings. The highest BCUT2D eigenvalue weighted by Crippen LogP contribution is 2.18. The van der Waals surface area contributed by atoms with Crippen LogP contribution in [0.5, 0.6) is 5.75 Å². The molecule has 0 amide bonds. The molecular formula is C16H15BrN4O2S.